The molecule has 0 aliphatic rings. The smallest absolute Gasteiger partial charge is 0.306 e. The van der Waals surface area contributed by atoms with E-state index in [0.717, 1.165) is 95.0 Å². The lowest BCUT2D eigenvalue weighted by atomic mass is 9.90. The summed E-state index contributed by atoms with van der Waals surface area (Å²) in [5.41, 5.74) is 0.867. The van der Waals surface area contributed by atoms with Crippen molar-refractivity contribution in [3.8, 4) is 0 Å². The van der Waals surface area contributed by atoms with Crippen LogP contribution < -0.4 is 20.7 Å². The summed E-state index contributed by atoms with van der Waals surface area (Å²) in [6.07, 6.45) is 29.1. The molecule has 0 saturated heterocycles. The number of nitrogens with one attached hydrogen (secondary N) is 6. The quantitative estimate of drug-likeness (QED) is 0.0289. The Morgan fingerprint density at radius 2 is 0.978 bits per heavy atom. The minimum Gasteiger partial charge on any atom is -0.481 e. The SMILES string of the molecule is CC(=O)[C@H](CCCCNC(=O)COCCOCCNC(=O)CCC(CC(=O)CCC(CC(=O)CCCCCCCCCCCNC(=O)CCCS(=O)(=O)NC(=O)CCCCCCCCCCCCCCCc1nn[nH]n1)C(=O)O)C(=O)O)CC(=O)CCc1cnc[nH]1. The first-order chi connectivity index (χ1) is 44.3. The number of hydrogen-bond acceptors (Lipinski definition) is 18. The van der Waals surface area contributed by atoms with Crippen molar-refractivity contribution >= 4 is 68.7 Å². The molecule has 4 amide bonds. The summed E-state index contributed by atoms with van der Waals surface area (Å²) in [5.74, 6) is -6.68. The number of amides is 4. The standard InChI is InChI=1S/C65H110N10O16S/c1-51(76)52(45-58(79)36-34-55-48-66-50-70-55)27-23-25-39-68-63(83)49-91-43-42-90-41-40-69-61(81)37-33-54(65(86)87)47-57(78)35-32-53(64(84)85)46-56(77)28-20-16-12-8-7-11-15-19-24-38-67-60(80)31-26-44-92(88,89)73-62(82)30-22-18-14-10-6-4-2-3-5-9-13-17-21-29-59-71-74-75-72-59/h48,50,52-54H,2-47,49H2,1H3,(H,66,70)(H,67,80)(H,68,83)(H,69,81)(H,73,82)(H,84,85)(H,86,87)(H,71,72,74,75)/t52-,53?,54?/m1/s1. The molecule has 0 aromatic carbocycles. The fourth-order valence-corrected chi connectivity index (χ4v) is 11.6. The highest BCUT2D eigenvalue weighted by Crippen LogP contribution is 2.21. The molecule has 2 rings (SSSR count). The molecule has 0 saturated carbocycles. The fourth-order valence-electron chi connectivity index (χ4n) is 10.6. The van der Waals surface area contributed by atoms with Crippen LogP contribution in [-0.2, 0) is 80.3 Å². The summed E-state index contributed by atoms with van der Waals surface area (Å²) in [7, 11) is -3.80. The second kappa shape index (κ2) is 53.1. The molecule has 3 atom stereocenters. The lowest BCUT2D eigenvalue weighted by Crippen LogP contribution is -2.33. The lowest BCUT2D eigenvalue weighted by Gasteiger charge is -2.14. The zero-order chi connectivity index (χ0) is 67.3. The summed E-state index contributed by atoms with van der Waals surface area (Å²) in [6.45, 7) is 2.75. The zero-order valence-corrected chi connectivity index (χ0v) is 55.7. The van der Waals surface area contributed by atoms with Gasteiger partial charge in [-0.15, -0.1) is 10.2 Å². The van der Waals surface area contributed by atoms with Gasteiger partial charge >= 0.3 is 11.9 Å². The van der Waals surface area contributed by atoms with Crippen LogP contribution >= 0.6 is 0 Å². The molecule has 8 N–H and O–H groups in total. The highest BCUT2D eigenvalue weighted by Gasteiger charge is 2.26. The van der Waals surface area contributed by atoms with Gasteiger partial charge in [-0.1, -0.05) is 127 Å². The average Bonchev–Trinajstić information content (AvgIpc) is 3.18. The number of sulfonamides is 1. The van der Waals surface area contributed by atoms with Gasteiger partial charge in [0.1, 0.15) is 29.7 Å². The van der Waals surface area contributed by atoms with Gasteiger partial charge in [-0.3, -0.25) is 52.7 Å². The number of aromatic amines is 2. The normalized spacial score (nSPS) is 12.4. The van der Waals surface area contributed by atoms with Crippen molar-refractivity contribution in [2.24, 2.45) is 17.8 Å². The number of ether oxygens (including phenoxy) is 2. The molecule has 0 aliphatic carbocycles. The number of aromatic nitrogens is 6. The monoisotopic (exact) mass is 1320 g/mol. The van der Waals surface area contributed by atoms with E-state index in [0.29, 0.717) is 58.0 Å². The Labute approximate surface area is 544 Å². The van der Waals surface area contributed by atoms with E-state index in [9.17, 15) is 66.6 Å². The number of aliphatic carboxylic acids is 2. The van der Waals surface area contributed by atoms with Crippen LogP contribution in [0.25, 0.3) is 0 Å². The largest absolute Gasteiger partial charge is 0.481 e. The molecule has 2 aromatic rings. The van der Waals surface area contributed by atoms with E-state index in [4.69, 9.17) is 9.47 Å². The second-order valence-electron chi connectivity index (χ2n) is 24.3. The summed E-state index contributed by atoms with van der Waals surface area (Å²) in [6, 6.07) is 0. The summed E-state index contributed by atoms with van der Waals surface area (Å²) in [4.78, 5) is 130. The van der Waals surface area contributed by atoms with Crippen molar-refractivity contribution < 1.29 is 76.0 Å². The number of nitrogens with zero attached hydrogens (tertiary/aromatic N) is 4. The van der Waals surface area contributed by atoms with Crippen molar-refractivity contribution in [3.05, 3.63) is 24.0 Å². The van der Waals surface area contributed by atoms with E-state index in [-0.39, 0.29) is 144 Å². The maximum Gasteiger partial charge on any atom is 0.306 e. The van der Waals surface area contributed by atoms with Crippen LogP contribution in [0.5, 0.6) is 0 Å². The van der Waals surface area contributed by atoms with E-state index < -0.39 is 51.4 Å². The number of aryl methyl sites for hydroxylation is 2. The molecular formula is C65H110N10O16S. The molecule has 2 heterocycles. The summed E-state index contributed by atoms with van der Waals surface area (Å²) in [5, 5.41) is 41.7. The first-order valence-corrected chi connectivity index (χ1v) is 35.7. The average molecular weight is 1320 g/mol. The second-order valence-corrected chi connectivity index (χ2v) is 26.1. The highest BCUT2D eigenvalue weighted by atomic mass is 32.2. The Morgan fingerprint density at radius 1 is 0.489 bits per heavy atom. The van der Waals surface area contributed by atoms with Crippen molar-refractivity contribution in [1.82, 2.24) is 51.3 Å². The van der Waals surface area contributed by atoms with E-state index in [2.05, 4.69) is 51.3 Å². The molecule has 26 nitrogen and oxygen atoms in total. The Hall–Kier alpha value is -6.35. The van der Waals surface area contributed by atoms with Crippen molar-refractivity contribution in [2.45, 2.75) is 257 Å². The number of ketones is 4. The predicted molar refractivity (Wildman–Crippen MR) is 345 cm³/mol. The van der Waals surface area contributed by atoms with Crippen LogP contribution in [0.3, 0.4) is 0 Å². The molecule has 0 aliphatic heterocycles. The molecule has 2 unspecified atom stereocenters. The topological polar surface area (TPSA) is 395 Å². The summed E-state index contributed by atoms with van der Waals surface area (Å²) < 4.78 is 37.7. The van der Waals surface area contributed by atoms with E-state index in [1.54, 1.807) is 12.5 Å². The van der Waals surface area contributed by atoms with E-state index in [1.165, 1.54) is 58.3 Å². The van der Waals surface area contributed by atoms with Gasteiger partial charge in [-0.25, -0.2) is 13.4 Å². The molecule has 0 radical (unpaired) electrons. The van der Waals surface area contributed by atoms with Gasteiger partial charge < -0.3 is 40.6 Å². The van der Waals surface area contributed by atoms with E-state index in [1.807, 2.05) is 0 Å². The van der Waals surface area contributed by atoms with Crippen molar-refractivity contribution in [2.75, 3.05) is 51.8 Å². The van der Waals surface area contributed by atoms with Crippen molar-refractivity contribution in [3.63, 3.8) is 0 Å². The predicted octanol–water partition coefficient (Wildman–Crippen LogP) is 8.28. The number of rotatable bonds is 64. The van der Waals surface area contributed by atoms with Gasteiger partial charge in [0.25, 0.3) is 0 Å². The third-order valence-electron chi connectivity index (χ3n) is 16.1. The van der Waals surface area contributed by atoms with Crippen LogP contribution in [0.15, 0.2) is 12.5 Å². The van der Waals surface area contributed by atoms with Crippen LogP contribution in [0.4, 0.5) is 0 Å². The number of carbonyl (C=O) groups is 10. The number of carboxylic acid groups (broad SMARTS) is 2. The number of imidazole rings is 1. The number of carboxylic acids is 2. The molecule has 27 heteroatoms. The molecule has 522 valence electrons. The molecule has 92 heavy (non-hydrogen) atoms. The zero-order valence-electron chi connectivity index (χ0n) is 54.9. The molecule has 2 aromatic heterocycles. The first kappa shape index (κ1) is 81.7. The molecule has 0 fully saturated rings. The number of carbonyl (C=O) groups excluding carboxylic acids is 8. The Bertz CT molecular complexity index is 2500. The van der Waals surface area contributed by atoms with Crippen LogP contribution in [-0.4, -0.2) is 160 Å². The lowest BCUT2D eigenvalue weighted by molar-refractivity contribution is -0.145. The van der Waals surface area contributed by atoms with Crippen molar-refractivity contribution in [1.29, 1.82) is 0 Å². The minimum absolute atomic E-state index is 0.0221. The first-order valence-electron chi connectivity index (χ1n) is 34.0. The third kappa shape index (κ3) is 46.7. The maximum atomic E-state index is 12.8. The fraction of sp³-hybridized carbons (Fsp3) is 0.785. The van der Waals surface area contributed by atoms with Gasteiger partial charge in [0.2, 0.25) is 33.7 Å². The van der Waals surface area contributed by atoms with E-state index >= 15 is 0 Å². The number of Topliss-reactive ketones (excluding diaryl/α,β-unsaturated/α-hetero) is 4. The van der Waals surface area contributed by atoms with Gasteiger partial charge in [0.05, 0.1) is 43.7 Å². The maximum absolute atomic E-state index is 12.8. The third-order valence-corrected chi connectivity index (χ3v) is 17.5. The van der Waals surface area contributed by atoms with Gasteiger partial charge in [0, 0.05) is 102 Å². The number of unbranched alkanes of at least 4 members (excludes halogenated alkanes) is 21. The Kier molecular flexibility index (Phi) is 47.1. The number of tetrazole rings is 1. The Balaban J connectivity index is 1.39. The minimum atomic E-state index is -3.80. The highest BCUT2D eigenvalue weighted by molar-refractivity contribution is 7.90. The van der Waals surface area contributed by atoms with Gasteiger partial charge in [-0.05, 0) is 71.1 Å². The summed E-state index contributed by atoms with van der Waals surface area (Å²) >= 11 is 0. The number of hydrogen-bond donors (Lipinski definition) is 8. The number of H-pyrrole nitrogens is 2. The van der Waals surface area contributed by atoms with Gasteiger partial charge in [-0.2, -0.15) is 5.21 Å². The van der Waals surface area contributed by atoms with Crippen LogP contribution in [0, 0.1) is 17.8 Å². The molecule has 0 spiro atoms. The Morgan fingerprint density at radius 3 is 1.55 bits per heavy atom. The molecular weight excluding hydrogens is 1210 g/mol. The van der Waals surface area contributed by atoms with Crippen LogP contribution in [0.1, 0.15) is 256 Å². The van der Waals surface area contributed by atoms with Crippen LogP contribution in [0.2, 0.25) is 0 Å². The molecule has 0 bridgehead atoms. The van der Waals surface area contributed by atoms with Gasteiger partial charge in [0.15, 0.2) is 5.82 Å².